The van der Waals surface area contributed by atoms with Crippen LogP contribution in [0.4, 0.5) is 0 Å². The summed E-state index contributed by atoms with van der Waals surface area (Å²) in [6.45, 7) is 6.34. The summed E-state index contributed by atoms with van der Waals surface area (Å²) in [6.07, 6.45) is 100. The average Bonchev–Trinajstić information content (AvgIpc) is 3.49. The maximum absolute atomic E-state index is 12.9. The van der Waals surface area contributed by atoms with Crippen molar-refractivity contribution >= 4 is 17.9 Å². The molecule has 0 fully saturated rings. The van der Waals surface area contributed by atoms with E-state index in [0.717, 1.165) is 116 Å². The fourth-order valence-corrected chi connectivity index (χ4v) is 9.28. The molecule has 0 aromatic heterocycles. The van der Waals surface area contributed by atoms with Crippen LogP contribution in [0, 0.1) is 0 Å². The maximum atomic E-state index is 12.9. The summed E-state index contributed by atoms with van der Waals surface area (Å²) in [5.41, 5.74) is 0. The molecule has 0 spiro atoms. The van der Waals surface area contributed by atoms with Crippen LogP contribution in [0.3, 0.4) is 0 Å². The van der Waals surface area contributed by atoms with Crippen LogP contribution in [0.25, 0.3) is 0 Å². The predicted molar refractivity (Wildman–Crippen MR) is 362 cm³/mol. The van der Waals surface area contributed by atoms with Crippen LogP contribution >= 0.6 is 0 Å². The molecule has 0 aliphatic carbocycles. The third-order valence-electron chi connectivity index (χ3n) is 14.3. The predicted octanol–water partition coefficient (Wildman–Crippen LogP) is 23.9. The Morgan fingerprint density at radius 1 is 0.265 bits per heavy atom. The molecule has 6 nitrogen and oxygen atoms in total. The minimum absolute atomic E-state index is 0.117. The minimum Gasteiger partial charge on any atom is -0.462 e. The Morgan fingerprint density at radius 2 is 0.518 bits per heavy atom. The monoisotopic (exact) mass is 1150 g/mol. The topological polar surface area (TPSA) is 78.9 Å². The number of ether oxygens (including phenoxy) is 3. The molecule has 0 amide bonds. The number of esters is 3. The van der Waals surface area contributed by atoms with Gasteiger partial charge < -0.3 is 14.2 Å². The van der Waals surface area contributed by atoms with E-state index in [1.807, 2.05) is 6.08 Å². The van der Waals surface area contributed by atoms with Crippen LogP contribution in [0.2, 0.25) is 0 Å². The van der Waals surface area contributed by atoms with Gasteiger partial charge in [-0.2, -0.15) is 0 Å². The molecule has 0 saturated heterocycles. The van der Waals surface area contributed by atoms with Crippen LogP contribution in [-0.2, 0) is 28.6 Å². The molecule has 0 N–H and O–H groups in total. The lowest BCUT2D eigenvalue weighted by Crippen LogP contribution is -2.30. The van der Waals surface area contributed by atoms with Gasteiger partial charge >= 0.3 is 17.9 Å². The molecule has 0 aliphatic rings. The van der Waals surface area contributed by atoms with Gasteiger partial charge in [0.1, 0.15) is 13.2 Å². The highest BCUT2D eigenvalue weighted by Crippen LogP contribution is 2.16. The lowest BCUT2D eigenvalue weighted by atomic mass is 10.0. The van der Waals surface area contributed by atoms with Crippen molar-refractivity contribution in [3.8, 4) is 0 Å². The van der Waals surface area contributed by atoms with E-state index in [0.29, 0.717) is 12.8 Å². The molecule has 6 heteroatoms. The molecule has 1 atom stereocenters. The van der Waals surface area contributed by atoms with Crippen molar-refractivity contribution in [2.75, 3.05) is 13.2 Å². The van der Waals surface area contributed by atoms with Crippen molar-refractivity contribution in [3.63, 3.8) is 0 Å². The van der Waals surface area contributed by atoms with Crippen molar-refractivity contribution in [1.82, 2.24) is 0 Å². The van der Waals surface area contributed by atoms with Gasteiger partial charge in [-0.1, -0.05) is 308 Å². The number of carbonyl (C=O) groups is 3. The van der Waals surface area contributed by atoms with E-state index < -0.39 is 12.1 Å². The quantitative estimate of drug-likeness (QED) is 0.0261. The van der Waals surface area contributed by atoms with Gasteiger partial charge in [-0.25, -0.2) is 0 Å². The Bertz CT molecular complexity index is 1800. The van der Waals surface area contributed by atoms with Crippen LogP contribution in [0.5, 0.6) is 0 Å². The van der Waals surface area contributed by atoms with Crippen molar-refractivity contribution in [1.29, 1.82) is 0 Å². The Labute approximate surface area is 512 Å². The summed E-state index contributed by atoms with van der Waals surface area (Å²) in [5.74, 6) is -1.05. The Balaban J connectivity index is 4.43. The van der Waals surface area contributed by atoms with Gasteiger partial charge in [0, 0.05) is 12.8 Å². The molecule has 0 aromatic rings. The molecule has 0 bridgehead atoms. The summed E-state index contributed by atoms with van der Waals surface area (Å²) in [4.78, 5) is 38.4. The number of rotatable bonds is 61. The van der Waals surface area contributed by atoms with Gasteiger partial charge in [0.2, 0.25) is 0 Å². The summed E-state index contributed by atoms with van der Waals surface area (Å²) < 4.78 is 16.9. The zero-order chi connectivity index (χ0) is 59.9. The van der Waals surface area contributed by atoms with Crippen LogP contribution in [0.15, 0.2) is 146 Å². The summed E-state index contributed by atoms with van der Waals surface area (Å²) in [5, 5.41) is 0. The summed E-state index contributed by atoms with van der Waals surface area (Å²) in [6, 6.07) is 0. The number of hydrogen-bond donors (Lipinski definition) is 0. The molecule has 0 heterocycles. The highest BCUT2D eigenvalue weighted by Gasteiger charge is 2.19. The van der Waals surface area contributed by atoms with Crippen LogP contribution < -0.4 is 0 Å². The van der Waals surface area contributed by atoms with Crippen molar-refractivity contribution in [2.45, 2.75) is 309 Å². The normalized spacial score (nSPS) is 13.0. The molecule has 470 valence electrons. The lowest BCUT2D eigenvalue weighted by Gasteiger charge is -2.18. The first kappa shape index (κ1) is 78.3. The highest BCUT2D eigenvalue weighted by atomic mass is 16.6. The van der Waals surface area contributed by atoms with Crippen molar-refractivity contribution < 1.29 is 28.6 Å². The number of carbonyl (C=O) groups excluding carboxylic acids is 3. The highest BCUT2D eigenvalue weighted by molar-refractivity contribution is 5.72. The number of hydrogen-bond acceptors (Lipinski definition) is 6. The molecule has 0 aromatic carbocycles. The lowest BCUT2D eigenvalue weighted by molar-refractivity contribution is -0.166. The third-order valence-corrected chi connectivity index (χ3v) is 14.3. The van der Waals surface area contributed by atoms with Gasteiger partial charge in [0.15, 0.2) is 6.10 Å². The molecular formula is C77H126O6. The standard InChI is InChI=1S/C77H126O6/c1-4-7-10-13-16-19-22-25-28-30-32-34-36-37-38-39-41-42-44-46-49-52-55-58-61-64-67-70-76(79)82-73-74(72-81-75(78)69-66-63-60-57-54-51-48-27-24-21-18-15-12-9-6-3)83-77(80)71-68-65-62-59-56-53-50-47-45-43-40-35-33-31-29-26-23-20-17-14-11-8-5-2/h7,9-10,12,16,18-19,21,25,27-28,31-34,37-38,41-42,48,54,57,63,66,74H,4-6,8,11,13-15,17,20,22-24,26,29-30,35-36,39-40,43-47,49-53,55-56,58-62,64-65,67-73H2,1-3H3/b10-7-,12-9-,19-16-,21-18-,28-25-,33-31-,34-32-,38-37-,42-41-,48-27-,57-54-,66-63-. The smallest absolute Gasteiger partial charge is 0.309 e. The second kappa shape index (κ2) is 69.8. The summed E-state index contributed by atoms with van der Waals surface area (Å²) in [7, 11) is 0. The largest absolute Gasteiger partial charge is 0.462 e. The number of unbranched alkanes of at least 4 members (excludes halogenated alkanes) is 27. The van der Waals surface area contributed by atoms with E-state index in [2.05, 4.69) is 154 Å². The van der Waals surface area contributed by atoms with E-state index in [9.17, 15) is 14.4 Å². The van der Waals surface area contributed by atoms with Gasteiger partial charge in [-0.3, -0.25) is 14.4 Å². The molecular weight excluding hydrogens is 1020 g/mol. The molecule has 0 radical (unpaired) electrons. The van der Waals surface area contributed by atoms with Gasteiger partial charge in [0.05, 0.1) is 6.42 Å². The number of allylic oxidation sites excluding steroid dienone is 23. The Morgan fingerprint density at radius 3 is 0.855 bits per heavy atom. The molecule has 1 unspecified atom stereocenters. The van der Waals surface area contributed by atoms with E-state index in [1.54, 1.807) is 6.08 Å². The fraction of sp³-hybridized carbons (Fsp3) is 0.649. The maximum Gasteiger partial charge on any atom is 0.309 e. The van der Waals surface area contributed by atoms with Gasteiger partial charge in [0.25, 0.3) is 0 Å². The van der Waals surface area contributed by atoms with Crippen molar-refractivity contribution in [3.05, 3.63) is 146 Å². The SMILES string of the molecule is CC/C=C\C/C=C\C/C=C\C/C=C\C/C=C\C/C=C\CCCCCCCCCCC(=O)OCC(COC(=O)C/C=C\C/C=C\C/C=C\C/C=C\C/C=C\CC)OC(=O)CCCCCCCCCCCCC/C=C\CCCCCCCCCC. The first-order valence-corrected chi connectivity index (χ1v) is 34.3. The van der Waals surface area contributed by atoms with E-state index in [-0.39, 0.29) is 31.6 Å². The fourth-order valence-electron chi connectivity index (χ4n) is 9.28. The molecule has 83 heavy (non-hydrogen) atoms. The Kier molecular flexibility index (Phi) is 65.8. The summed E-state index contributed by atoms with van der Waals surface area (Å²) >= 11 is 0. The minimum atomic E-state index is -0.829. The average molecular weight is 1150 g/mol. The zero-order valence-corrected chi connectivity index (χ0v) is 53.9. The first-order chi connectivity index (χ1) is 41.0. The van der Waals surface area contributed by atoms with Gasteiger partial charge in [-0.15, -0.1) is 0 Å². The van der Waals surface area contributed by atoms with E-state index >= 15 is 0 Å². The van der Waals surface area contributed by atoms with Crippen LogP contribution in [-0.4, -0.2) is 37.2 Å². The van der Waals surface area contributed by atoms with Crippen molar-refractivity contribution in [2.24, 2.45) is 0 Å². The molecule has 0 aliphatic heterocycles. The molecule has 0 rings (SSSR count). The first-order valence-electron chi connectivity index (χ1n) is 34.3. The second-order valence-electron chi connectivity index (χ2n) is 22.3. The van der Waals surface area contributed by atoms with E-state index in [4.69, 9.17) is 14.2 Å². The molecule has 0 saturated carbocycles. The van der Waals surface area contributed by atoms with Crippen LogP contribution in [0.1, 0.15) is 303 Å². The van der Waals surface area contributed by atoms with E-state index in [1.165, 1.54) is 148 Å². The Hall–Kier alpha value is -4.71. The third kappa shape index (κ3) is 68.0. The second-order valence-corrected chi connectivity index (χ2v) is 22.3. The van der Waals surface area contributed by atoms with Gasteiger partial charge in [-0.05, 0) is 122 Å². The zero-order valence-electron chi connectivity index (χ0n) is 53.9.